The Labute approximate surface area is 121 Å². The summed E-state index contributed by atoms with van der Waals surface area (Å²) in [6.45, 7) is 12.1. The second kappa shape index (κ2) is 6.31. The van der Waals surface area contributed by atoms with E-state index in [2.05, 4.69) is 61.5 Å². The highest BCUT2D eigenvalue weighted by Crippen LogP contribution is 2.27. The molecular formula is C15H27N3S. The first-order valence-corrected chi connectivity index (χ1v) is 8.46. The molecule has 2 heterocycles. The zero-order chi connectivity index (χ0) is 14.0. The van der Waals surface area contributed by atoms with Gasteiger partial charge in [-0.3, -0.25) is 4.68 Å². The maximum absolute atomic E-state index is 4.68. The van der Waals surface area contributed by atoms with Crippen LogP contribution in [-0.4, -0.2) is 27.3 Å². The lowest BCUT2D eigenvalue weighted by molar-refractivity contribution is 0.511. The number of hydrogen-bond donors (Lipinski definition) is 1. The summed E-state index contributed by atoms with van der Waals surface area (Å²) in [6, 6.07) is 0.832. The van der Waals surface area contributed by atoms with Crippen molar-refractivity contribution in [3.63, 3.8) is 0 Å². The molecular weight excluding hydrogens is 254 g/mol. The Morgan fingerprint density at radius 2 is 2.11 bits per heavy atom. The number of rotatable bonds is 5. The van der Waals surface area contributed by atoms with E-state index in [1.54, 1.807) is 0 Å². The topological polar surface area (TPSA) is 29.9 Å². The second-order valence-corrected chi connectivity index (χ2v) is 7.30. The molecule has 4 heteroatoms. The largest absolute Gasteiger partial charge is 0.309 e. The van der Waals surface area contributed by atoms with Gasteiger partial charge in [0.1, 0.15) is 0 Å². The Bertz CT molecular complexity index is 419. The van der Waals surface area contributed by atoms with Gasteiger partial charge in [0.15, 0.2) is 0 Å². The molecule has 0 saturated carbocycles. The van der Waals surface area contributed by atoms with Gasteiger partial charge >= 0.3 is 0 Å². The van der Waals surface area contributed by atoms with E-state index in [4.69, 9.17) is 0 Å². The summed E-state index contributed by atoms with van der Waals surface area (Å²) in [6.07, 6.45) is 2.75. The Morgan fingerprint density at radius 3 is 2.63 bits per heavy atom. The third kappa shape index (κ3) is 3.34. The molecule has 0 spiro atoms. The van der Waals surface area contributed by atoms with E-state index in [9.17, 15) is 0 Å². The van der Waals surface area contributed by atoms with Gasteiger partial charge in [0, 0.05) is 35.1 Å². The number of aromatic nitrogens is 2. The predicted molar refractivity (Wildman–Crippen MR) is 84.0 cm³/mol. The Hall–Kier alpha value is -0.480. The van der Waals surface area contributed by atoms with Gasteiger partial charge < -0.3 is 5.32 Å². The summed E-state index contributed by atoms with van der Waals surface area (Å²) in [5.41, 5.74) is 3.87. The molecule has 1 aliphatic rings. The van der Waals surface area contributed by atoms with Crippen LogP contribution in [0.3, 0.4) is 0 Å². The molecule has 1 N–H and O–H groups in total. The standard InChI is InChI=1S/C15H27N3S/c1-10(2)18-13(5)15(12(4)17-18)11(3)16-9-14-7-6-8-19-14/h10-11,14,16H,6-9H2,1-5H3/t11-,14+/m0/s1. The maximum atomic E-state index is 4.68. The molecule has 0 radical (unpaired) electrons. The minimum absolute atomic E-state index is 0.397. The highest BCUT2D eigenvalue weighted by Gasteiger charge is 2.21. The third-order valence-electron chi connectivity index (χ3n) is 3.98. The lowest BCUT2D eigenvalue weighted by Gasteiger charge is -2.18. The van der Waals surface area contributed by atoms with Crippen molar-refractivity contribution in [2.45, 2.75) is 64.8 Å². The van der Waals surface area contributed by atoms with Crippen molar-refractivity contribution in [1.29, 1.82) is 0 Å². The van der Waals surface area contributed by atoms with Gasteiger partial charge in [-0.05, 0) is 53.2 Å². The summed E-state index contributed by atoms with van der Waals surface area (Å²) in [5, 5.41) is 9.19. The molecule has 1 saturated heterocycles. The quantitative estimate of drug-likeness (QED) is 0.894. The van der Waals surface area contributed by atoms with Crippen LogP contribution in [0.1, 0.15) is 62.6 Å². The van der Waals surface area contributed by atoms with E-state index >= 15 is 0 Å². The van der Waals surface area contributed by atoms with Crippen LogP contribution >= 0.6 is 11.8 Å². The van der Waals surface area contributed by atoms with E-state index < -0.39 is 0 Å². The fourth-order valence-corrected chi connectivity index (χ4v) is 4.23. The molecule has 1 aliphatic heterocycles. The number of aryl methyl sites for hydroxylation is 1. The van der Waals surface area contributed by atoms with E-state index in [0.29, 0.717) is 12.1 Å². The lowest BCUT2D eigenvalue weighted by Crippen LogP contribution is -2.26. The molecule has 19 heavy (non-hydrogen) atoms. The van der Waals surface area contributed by atoms with Crippen LogP contribution in [-0.2, 0) is 0 Å². The monoisotopic (exact) mass is 281 g/mol. The van der Waals surface area contributed by atoms with Crippen molar-refractivity contribution in [3.8, 4) is 0 Å². The normalized spacial score (nSPS) is 21.3. The van der Waals surface area contributed by atoms with Gasteiger partial charge in [-0.1, -0.05) is 0 Å². The molecule has 0 amide bonds. The molecule has 1 aromatic heterocycles. The van der Waals surface area contributed by atoms with Crippen molar-refractivity contribution in [2.75, 3.05) is 12.3 Å². The van der Waals surface area contributed by atoms with E-state index in [-0.39, 0.29) is 0 Å². The molecule has 0 unspecified atom stereocenters. The molecule has 2 rings (SSSR count). The van der Waals surface area contributed by atoms with Crippen molar-refractivity contribution in [1.82, 2.24) is 15.1 Å². The van der Waals surface area contributed by atoms with Crippen LogP contribution in [0.2, 0.25) is 0 Å². The first kappa shape index (κ1) is 14.9. The fraction of sp³-hybridized carbons (Fsp3) is 0.800. The molecule has 0 aromatic carbocycles. The smallest absolute Gasteiger partial charge is 0.0644 e. The second-order valence-electron chi connectivity index (χ2n) is 5.89. The molecule has 2 atom stereocenters. The third-order valence-corrected chi connectivity index (χ3v) is 5.38. The van der Waals surface area contributed by atoms with E-state index in [0.717, 1.165) is 11.8 Å². The van der Waals surface area contributed by atoms with Gasteiger partial charge in [0.25, 0.3) is 0 Å². The molecule has 0 bridgehead atoms. The van der Waals surface area contributed by atoms with Crippen LogP contribution in [0.5, 0.6) is 0 Å². The van der Waals surface area contributed by atoms with Crippen LogP contribution in [0.25, 0.3) is 0 Å². The van der Waals surface area contributed by atoms with Gasteiger partial charge in [-0.25, -0.2) is 0 Å². The summed E-state index contributed by atoms with van der Waals surface area (Å²) < 4.78 is 2.15. The average molecular weight is 281 g/mol. The van der Waals surface area contributed by atoms with Crippen molar-refractivity contribution < 1.29 is 0 Å². The Balaban J connectivity index is 2.03. The SMILES string of the molecule is Cc1nn(C(C)C)c(C)c1[C@H](C)NC[C@H]1CCCS1. The van der Waals surface area contributed by atoms with E-state index in [1.165, 1.54) is 35.5 Å². The number of nitrogens with zero attached hydrogens (tertiary/aromatic N) is 2. The zero-order valence-electron chi connectivity index (χ0n) is 12.9. The predicted octanol–water partition coefficient (Wildman–Crippen LogP) is 3.63. The van der Waals surface area contributed by atoms with Gasteiger partial charge in [-0.2, -0.15) is 16.9 Å². The average Bonchev–Trinajstić information content (AvgIpc) is 2.94. The Kier molecular flexibility index (Phi) is 4.96. The number of nitrogens with one attached hydrogen (secondary N) is 1. The molecule has 1 aromatic rings. The van der Waals surface area contributed by atoms with Crippen LogP contribution in [0.4, 0.5) is 0 Å². The Morgan fingerprint density at radius 1 is 1.37 bits per heavy atom. The first-order chi connectivity index (χ1) is 9.00. The zero-order valence-corrected chi connectivity index (χ0v) is 13.7. The van der Waals surface area contributed by atoms with Crippen LogP contribution in [0.15, 0.2) is 0 Å². The lowest BCUT2D eigenvalue weighted by atomic mass is 10.1. The fourth-order valence-electron chi connectivity index (χ4n) is 3.02. The van der Waals surface area contributed by atoms with Crippen molar-refractivity contribution in [3.05, 3.63) is 17.0 Å². The highest BCUT2D eigenvalue weighted by atomic mass is 32.2. The van der Waals surface area contributed by atoms with E-state index in [1.807, 2.05) is 0 Å². The van der Waals surface area contributed by atoms with Crippen LogP contribution in [0, 0.1) is 13.8 Å². The van der Waals surface area contributed by atoms with Gasteiger partial charge in [0.2, 0.25) is 0 Å². The van der Waals surface area contributed by atoms with Crippen LogP contribution < -0.4 is 5.32 Å². The molecule has 108 valence electrons. The number of hydrogen-bond acceptors (Lipinski definition) is 3. The van der Waals surface area contributed by atoms with Gasteiger partial charge in [0.05, 0.1) is 5.69 Å². The van der Waals surface area contributed by atoms with Crippen molar-refractivity contribution in [2.24, 2.45) is 0 Å². The van der Waals surface area contributed by atoms with Gasteiger partial charge in [-0.15, -0.1) is 0 Å². The summed E-state index contributed by atoms with van der Waals surface area (Å²) >= 11 is 2.11. The highest BCUT2D eigenvalue weighted by molar-refractivity contribution is 8.00. The minimum atomic E-state index is 0.397. The van der Waals surface area contributed by atoms with Crippen molar-refractivity contribution >= 4 is 11.8 Å². The maximum Gasteiger partial charge on any atom is 0.0644 e. The summed E-state index contributed by atoms with van der Waals surface area (Å²) in [5.74, 6) is 1.34. The minimum Gasteiger partial charge on any atom is -0.309 e. The summed E-state index contributed by atoms with van der Waals surface area (Å²) in [4.78, 5) is 0. The summed E-state index contributed by atoms with van der Waals surface area (Å²) in [7, 11) is 0. The molecule has 3 nitrogen and oxygen atoms in total. The molecule has 1 fully saturated rings. The first-order valence-electron chi connectivity index (χ1n) is 7.41. The number of thioether (sulfide) groups is 1. The molecule has 0 aliphatic carbocycles.